The Morgan fingerprint density at radius 3 is 2.24 bits per heavy atom. The summed E-state index contributed by atoms with van der Waals surface area (Å²) in [7, 11) is 0. The van der Waals surface area contributed by atoms with Gasteiger partial charge in [0.15, 0.2) is 0 Å². The van der Waals surface area contributed by atoms with Crippen LogP contribution in [0.4, 0.5) is 4.39 Å². The van der Waals surface area contributed by atoms with E-state index in [1.807, 2.05) is 12.1 Å². The third kappa shape index (κ3) is 4.14. The molecule has 2 rings (SSSR count). The third-order valence-corrected chi connectivity index (χ3v) is 4.37. The minimum Gasteiger partial charge on any atom is -0.303 e. The highest BCUT2D eigenvalue weighted by atomic mass is 79.9. The van der Waals surface area contributed by atoms with E-state index in [-0.39, 0.29) is 17.9 Å². The van der Waals surface area contributed by atoms with Gasteiger partial charge in [0.1, 0.15) is 5.82 Å². The lowest BCUT2D eigenvalue weighted by Gasteiger charge is -2.27. The van der Waals surface area contributed by atoms with Gasteiger partial charge >= 0.3 is 0 Å². The van der Waals surface area contributed by atoms with Gasteiger partial charge in [0.25, 0.3) is 0 Å². The van der Waals surface area contributed by atoms with E-state index in [4.69, 9.17) is 0 Å². The van der Waals surface area contributed by atoms with Crippen LogP contribution in [0.1, 0.15) is 44.0 Å². The van der Waals surface area contributed by atoms with Crippen molar-refractivity contribution in [1.82, 2.24) is 5.32 Å². The molecule has 2 atom stereocenters. The average Bonchev–Trinajstić information content (AvgIpc) is 2.45. The summed E-state index contributed by atoms with van der Waals surface area (Å²) in [4.78, 5) is 0. The molecule has 1 N–H and O–H groups in total. The summed E-state index contributed by atoms with van der Waals surface area (Å²) >= 11 is 3.45. The second-order valence-corrected chi connectivity index (χ2v) is 6.54. The first-order valence-electron chi connectivity index (χ1n) is 7.25. The van der Waals surface area contributed by atoms with E-state index in [9.17, 15) is 4.39 Å². The van der Waals surface area contributed by atoms with E-state index in [1.54, 1.807) is 0 Å². The molecule has 1 nitrogen and oxygen atoms in total. The first kappa shape index (κ1) is 16.2. The van der Waals surface area contributed by atoms with Crippen molar-refractivity contribution >= 4 is 15.9 Å². The Morgan fingerprint density at radius 2 is 1.67 bits per heavy atom. The van der Waals surface area contributed by atoms with Gasteiger partial charge in [-0.05, 0) is 36.1 Å². The maximum absolute atomic E-state index is 13.2. The number of nitrogens with one attached hydrogen (secondary N) is 1. The molecule has 0 spiro atoms. The summed E-state index contributed by atoms with van der Waals surface area (Å²) in [5.41, 5.74) is 2.34. The Bertz CT molecular complexity index is 583. The summed E-state index contributed by atoms with van der Waals surface area (Å²) in [5, 5.41) is 3.66. The first-order chi connectivity index (χ1) is 9.99. The fourth-order valence-electron chi connectivity index (χ4n) is 2.55. The predicted octanol–water partition coefficient (Wildman–Crippen LogP) is 5.64. The highest BCUT2D eigenvalue weighted by molar-refractivity contribution is 9.10. The highest BCUT2D eigenvalue weighted by Crippen LogP contribution is 2.29. The largest absolute Gasteiger partial charge is 0.303 e. The monoisotopic (exact) mass is 349 g/mol. The van der Waals surface area contributed by atoms with Crippen molar-refractivity contribution < 1.29 is 4.39 Å². The molecule has 0 fully saturated rings. The quantitative estimate of drug-likeness (QED) is 0.736. The van der Waals surface area contributed by atoms with Gasteiger partial charge in [0.05, 0.1) is 0 Å². The Balaban J connectivity index is 2.21. The minimum absolute atomic E-state index is 0.132. The normalized spacial score (nSPS) is 14.2. The lowest BCUT2D eigenvalue weighted by Crippen LogP contribution is -2.28. The molecule has 2 unspecified atom stereocenters. The molecule has 0 saturated carbocycles. The molecule has 0 heterocycles. The van der Waals surface area contributed by atoms with Crippen molar-refractivity contribution in [2.24, 2.45) is 5.92 Å². The highest BCUT2D eigenvalue weighted by Gasteiger charge is 2.19. The van der Waals surface area contributed by atoms with Crippen LogP contribution in [0.2, 0.25) is 0 Å². The molecule has 3 heteroatoms. The SMILES string of the molecule is CC(NC(c1ccccc1)C(C)C)c1ccc(F)cc1Br. The second kappa shape index (κ2) is 7.19. The van der Waals surface area contributed by atoms with Crippen LogP contribution in [0.5, 0.6) is 0 Å². The number of halogens is 2. The number of hydrogen-bond donors (Lipinski definition) is 1. The van der Waals surface area contributed by atoms with Crippen molar-refractivity contribution in [1.29, 1.82) is 0 Å². The van der Waals surface area contributed by atoms with Crippen molar-refractivity contribution in [3.05, 3.63) is 69.9 Å². The van der Waals surface area contributed by atoms with E-state index in [1.165, 1.54) is 17.7 Å². The van der Waals surface area contributed by atoms with E-state index < -0.39 is 0 Å². The summed E-state index contributed by atoms with van der Waals surface area (Å²) in [6.07, 6.45) is 0. The van der Waals surface area contributed by atoms with E-state index in [0.717, 1.165) is 10.0 Å². The molecule has 21 heavy (non-hydrogen) atoms. The van der Waals surface area contributed by atoms with Crippen LogP contribution >= 0.6 is 15.9 Å². The lowest BCUT2D eigenvalue weighted by molar-refractivity contribution is 0.374. The van der Waals surface area contributed by atoms with Gasteiger partial charge in [0, 0.05) is 16.6 Å². The first-order valence-corrected chi connectivity index (χ1v) is 8.04. The zero-order chi connectivity index (χ0) is 15.4. The number of rotatable bonds is 5. The summed E-state index contributed by atoms with van der Waals surface area (Å²) in [6, 6.07) is 15.7. The van der Waals surface area contributed by atoms with Crippen LogP contribution in [-0.4, -0.2) is 0 Å². The van der Waals surface area contributed by atoms with Crippen molar-refractivity contribution in [2.45, 2.75) is 32.9 Å². The fourth-order valence-corrected chi connectivity index (χ4v) is 3.24. The van der Waals surface area contributed by atoms with Crippen LogP contribution in [0, 0.1) is 11.7 Å². The molecule has 0 aliphatic heterocycles. The zero-order valence-electron chi connectivity index (χ0n) is 12.6. The number of hydrogen-bond acceptors (Lipinski definition) is 1. The molecule has 2 aromatic rings. The topological polar surface area (TPSA) is 12.0 Å². The molecule has 0 radical (unpaired) electrons. The Kier molecular flexibility index (Phi) is 5.54. The maximum Gasteiger partial charge on any atom is 0.124 e. The summed E-state index contributed by atoms with van der Waals surface area (Å²) in [6.45, 7) is 6.52. The van der Waals surface area contributed by atoms with Gasteiger partial charge in [-0.2, -0.15) is 0 Å². The molecule has 112 valence electrons. The Labute approximate surface area is 134 Å². The number of benzene rings is 2. The molecular weight excluding hydrogens is 329 g/mol. The molecule has 0 aromatic heterocycles. The van der Waals surface area contributed by atoms with Gasteiger partial charge in [-0.25, -0.2) is 4.39 Å². The average molecular weight is 350 g/mol. The van der Waals surface area contributed by atoms with Crippen molar-refractivity contribution in [3.63, 3.8) is 0 Å². The maximum atomic E-state index is 13.2. The summed E-state index contributed by atoms with van der Waals surface area (Å²) in [5.74, 6) is 0.246. The van der Waals surface area contributed by atoms with Gasteiger partial charge < -0.3 is 5.32 Å². The van der Waals surface area contributed by atoms with Crippen LogP contribution in [0.25, 0.3) is 0 Å². The minimum atomic E-state index is -0.221. The van der Waals surface area contributed by atoms with Crippen molar-refractivity contribution in [2.75, 3.05) is 0 Å². The van der Waals surface area contributed by atoms with Crippen LogP contribution in [0.15, 0.2) is 53.0 Å². The zero-order valence-corrected chi connectivity index (χ0v) is 14.2. The van der Waals surface area contributed by atoms with Crippen LogP contribution in [-0.2, 0) is 0 Å². The Hall–Kier alpha value is -1.19. The van der Waals surface area contributed by atoms with Gasteiger partial charge in [-0.3, -0.25) is 0 Å². The molecule has 0 amide bonds. The molecule has 0 saturated heterocycles. The molecule has 2 aromatic carbocycles. The van der Waals surface area contributed by atoms with E-state index in [2.05, 4.69) is 66.3 Å². The standard InChI is InChI=1S/C18H21BrFN/c1-12(2)18(14-7-5-4-6-8-14)21-13(3)16-10-9-15(20)11-17(16)19/h4-13,18,21H,1-3H3. The molecule has 0 aliphatic carbocycles. The third-order valence-electron chi connectivity index (χ3n) is 3.68. The second-order valence-electron chi connectivity index (χ2n) is 5.69. The van der Waals surface area contributed by atoms with Crippen LogP contribution in [0.3, 0.4) is 0 Å². The predicted molar refractivity (Wildman–Crippen MR) is 89.7 cm³/mol. The molecule has 0 aliphatic rings. The molecular formula is C18H21BrFN. The van der Waals surface area contributed by atoms with Gasteiger partial charge in [0.2, 0.25) is 0 Å². The van der Waals surface area contributed by atoms with E-state index >= 15 is 0 Å². The van der Waals surface area contributed by atoms with Crippen molar-refractivity contribution in [3.8, 4) is 0 Å². The van der Waals surface area contributed by atoms with Gasteiger partial charge in [-0.15, -0.1) is 0 Å². The summed E-state index contributed by atoms with van der Waals surface area (Å²) < 4.78 is 14.0. The smallest absolute Gasteiger partial charge is 0.124 e. The Morgan fingerprint density at radius 1 is 1.00 bits per heavy atom. The fraction of sp³-hybridized carbons (Fsp3) is 0.333. The lowest BCUT2D eigenvalue weighted by atomic mass is 9.94. The molecule has 0 bridgehead atoms. The van der Waals surface area contributed by atoms with E-state index in [0.29, 0.717) is 5.92 Å². The van der Waals surface area contributed by atoms with Gasteiger partial charge in [-0.1, -0.05) is 66.2 Å². The van der Waals surface area contributed by atoms with Crippen LogP contribution < -0.4 is 5.32 Å².